The second kappa shape index (κ2) is 4.37. The number of benzene rings is 1. The van der Waals surface area contributed by atoms with Gasteiger partial charge in [0.25, 0.3) is 0 Å². The molecule has 1 aromatic carbocycles. The summed E-state index contributed by atoms with van der Waals surface area (Å²) in [6.07, 6.45) is 0. The van der Waals surface area contributed by atoms with E-state index in [-0.39, 0.29) is 17.3 Å². The van der Waals surface area contributed by atoms with Crippen LogP contribution < -0.4 is 5.32 Å². The molecule has 76 valence electrons. The van der Waals surface area contributed by atoms with Crippen molar-refractivity contribution in [2.75, 3.05) is 11.9 Å². The predicted molar refractivity (Wildman–Crippen MR) is 49.8 cm³/mol. The van der Waals surface area contributed by atoms with Gasteiger partial charge < -0.3 is 5.32 Å². The molecule has 0 saturated heterocycles. The van der Waals surface area contributed by atoms with Gasteiger partial charge in [0.15, 0.2) is 11.6 Å². The Morgan fingerprint density at radius 3 is 2.57 bits per heavy atom. The van der Waals surface area contributed by atoms with Crippen LogP contribution in [0.25, 0.3) is 0 Å². The standard InChI is InChI=1S/C9H7ClF3N/c1-5(10)4-14-8-3-6(11)2-7(12)9(8)13/h2-3,14H,1,4H2. The fourth-order valence-electron chi connectivity index (χ4n) is 0.876. The van der Waals surface area contributed by atoms with E-state index in [0.717, 1.165) is 6.07 Å². The summed E-state index contributed by atoms with van der Waals surface area (Å²) in [5.41, 5.74) is -0.274. The van der Waals surface area contributed by atoms with Crippen LogP contribution in [0.2, 0.25) is 0 Å². The van der Waals surface area contributed by atoms with Crippen molar-refractivity contribution in [2.45, 2.75) is 0 Å². The van der Waals surface area contributed by atoms with Crippen molar-refractivity contribution in [1.29, 1.82) is 0 Å². The number of nitrogens with one attached hydrogen (secondary N) is 1. The second-order valence-electron chi connectivity index (χ2n) is 2.62. The molecule has 1 aromatic rings. The van der Waals surface area contributed by atoms with Crippen molar-refractivity contribution < 1.29 is 13.2 Å². The lowest BCUT2D eigenvalue weighted by atomic mass is 10.3. The molecular weight excluding hydrogens is 215 g/mol. The molecule has 1 rings (SSSR count). The van der Waals surface area contributed by atoms with Crippen molar-refractivity contribution in [1.82, 2.24) is 0 Å². The van der Waals surface area contributed by atoms with Crippen molar-refractivity contribution in [3.63, 3.8) is 0 Å². The summed E-state index contributed by atoms with van der Waals surface area (Å²) >= 11 is 5.39. The molecule has 0 amide bonds. The molecule has 0 saturated carbocycles. The minimum Gasteiger partial charge on any atom is -0.378 e. The molecule has 0 radical (unpaired) electrons. The average molecular weight is 222 g/mol. The van der Waals surface area contributed by atoms with E-state index in [0.29, 0.717) is 6.07 Å². The lowest BCUT2D eigenvalue weighted by Crippen LogP contribution is -2.04. The van der Waals surface area contributed by atoms with Gasteiger partial charge in [-0.3, -0.25) is 0 Å². The van der Waals surface area contributed by atoms with E-state index in [4.69, 9.17) is 11.6 Å². The summed E-state index contributed by atoms with van der Waals surface area (Å²) in [6.45, 7) is 3.38. The minimum absolute atomic E-state index is 0.0430. The molecule has 0 unspecified atom stereocenters. The third kappa shape index (κ3) is 2.67. The summed E-state index contributed by atoms with van der Waals surface area (Å²) in [5, 5.41) is 2.62. The first kappa shape index (κ1) is 10.9. The van der Waals surface area contributed by atoms with Crippen LogP contribution in [0.1, 0.15) is 0 Å². The van der Waals surface area contributed by atoms with E-state index in [9.17, 15) is 13.2 Å². The van der Waals surface area contributed by atoms with Gasteiger partial charge in [-0.2, -0.15) is 0 Å². The van der Waals surface area contributed by atoms with Gasteiger partial charge >= 0.3 is 0 Å². The predicted octanol–water partition coefficient (Wildman–Crippen LogP) is 3.27. The Bertz CT molecular complexity index is 365. The monoisotopic (exact) mass is 221 g/mol. The first-order chi connectivity index (χ1) is 6.50. The zero-order valence-electron chi connectivity index (χ0n) is 7.08. The fraction of sp³-hybridized carbons (Fsp3) is 0.111. The third-order valence-electron chi connectivity index (χ3n) is 1.46. The Kier molecular flexibility index (Phi) is 3.41. The van der Waals surface area contributed by atoms with E-state index in [1.165, 1.54) is 0 Å². The molecule has 0 aliphatic rings. The maximum absolute atomic E-state index is 13.0. The SMILES string of the molecule is C=C(Cl)CNc1cc(F)cc(F)c1F. The van der Waals surface area contributed by atoms with Gasteiger partial charge in [0.05, 0.1) is 12.2 Å². The van der Waals surface area contributed by atoms with E-state index < -0.39 is 17.5 Å². The Balaban J connectivity index is 2.90. The highest BCUT2D eigenvalue weighted by Gasteiger charge is 2.10. The maximum atomic E-state index is 13.0. The Morgan fingerprint density at radius 1 is 1.36 bits per heavy atom. The molecule has 1 N–H and O–H groups in total. The van der Waals surface area contributed by atoms with Crippen molar-refractivity contribution in [3.05, 3.63) is 41.2 Å². The normalized spacial score (nSPS) is 10.0. The highest BCUT2D eigenvalue weighted by molar-refractivity contribution is 6.29. The summed E-state index contributed by atoms with van der Waals surface area (Å²) in [5.74, 6) is -3.23. The van der Waals surface area contributed by atoms with Gasteiger partial charge in [0, 0.05) is 17.2 Å². The van der Waals surface area contributed by atoms with Crippen molar-refractivity contribution >= 4 is 17.3 Å². The van der Waals surface area contributed by atoms with Crippen LogP contribution in [0.3, 0.4) is 0 Å². The van der Waals surface area contributed by atoms with E-state index in [1.54, 1.807) is 0 Å². The molecule has 0 atom stereocenters. The van der Waals surface area contributed by atoms with Gasteiger partial charge in [-0.25, -0.2) is 13.2 Å². The van der Waals surface area contributed by atoms with Gasteiger partial charge in [-0.1, -0.05) is 18.2 Å². The van der Waals surface area contributed by atoms with E-state index in [1.807, 2.05) is 0 Å². The fourth-order valence-corrected chi connectivity index (χ4v) is 0.943. The molecule has 0 bridgehead atoms. The molecular formula is C9H7ClF3N. The van der Waals surface area contributed by atoms with Crippen LogP contribution in [0.4, 0.5) is 18.9 Å². The summed E-state index contributed by atoms with van der Waals surface area (Å²) in [7, 11) is 0. The molecule has 0 spiro atoms. The maximum Gasteiger partial charge on any atom is 0.182 e. The summed E-state index contributed by atoms with van der Waals surface area (Å²) < 4.78 is 38.2. The van der Waals surface area contributed by atoms with Crippen LogP contribution in [-0.4, -0.2) is 6.54 Å². The lowest BCUT2D eigenvalue weighted by Gasteiger charge is -2.06. The number of anilines is 1. The Hall–Kier alpha value is -1.16. The molecule has 14 heavy (non-hydrogen) atoms. The van der Waals surface area contributed by atoms with Gasteiger partial charge in [-0.05, 0) is 0 Å². The Morgan fingerprint density at radius 2 is 2.00 bits per heavy atom. The summed E-state index contributed by atoms with van der Waals surface area (Å²) in [6, 6.07) is 1.31. The molecule has 0 fully saturated rings. The topological polar surface area (TPSA) is 12.0 Å². The molecule has 0 aromatic heterocycles. The van der Waals surface area contributed by atoms with Gasteiger partial charge in [0.1, 0.15) is 5.82 Å². The minimum atomic E-state index is -1.24. The van der Waals surface area contributed by atoms with Crippen molar-refractivity contribution in [2.24, 2.45) is 0 Å². The van der Waals surface area contributed by atoms with Crippen LogP contribution in [0.15, 0.2) is 23.7 Å². The highest BCUT2D eigenvalue weighted by atomic mass is 35.5. The number of hydrogen-bond donors (Lipinski definition) is 1. The van der Waals surface area contributed by atoms with Crippen molar-refractivity contribution in [3.8, 4) is 0 Å². The number of halogens is 4. The second-order valence-corrected chi connectivity index (χ2v) is 3.15. The zero-order chi connectivity index (χ0) is 10.7. The largest absolute Gasteiger partial charge is 0.378 e. The molecule has 1 nitrogen and oxygen atoms in total. The van der Waals surface area contributed by atoms with E-state index >= 15 is 0 Å². The Labute approximate surface area is 84.2 Å². The number of rotatable bonds is 3. The van der Waals surface area contributed by atoms with E-state index in [2.05, 4.69) is 11.9 Å². The molecule has 0 heterocycles. The quantitative estimate of drug-likeness (QED) is 0.773. The molecule has 5 heteroatoms. The first-order valence-corrected chi connectivity index (χ1v) is 4.10. The molecule has 0 aliphatic carbocycles. The molecule has 0 aliphatic heterocycles. The smallest absolute Gasteiger partial charge is 0.182 e. The summed E-state index contributed by atoms with van der Waals surface area (Å²) in [4.78, 5) is 0. The van der Waals surface area contributed by atoms with Gasteiger partial charge in [0.2, 0.25) is 0 Å². The van der Waals surface area contributed by atoms with Crippen LogP contribution in [0, 0.1) is 17.5 Å². The number of hydrogen-bond acceptors (Lipinski definition) is 1. The van der Waals surface area contributed by atoms with Crippen LogP contribution in [-0.2, 0) is 0 Å². The lowest BCUT2D eigenvalue weighted by molar-refractivity contribution is 0.497. The highest BCUT2D eigenvalue weighted by Crippen LogP contribution is 2.19. The van der Waals surface area contributed by atoms with Crippen LogP contribution in [0.5, 0.6) is 0 Å². The van der Waals surface area contributed by atoms with Crippen LogP contribution >= 0.6 is 11.6 Å². The zero-order valence-corrected chi connectivity index (χ0v) is 7.84. The van der Waals surface area contributed by atoms with Gasteiger partial charge in [-0.15, -0.1) is 0 Å². The third-order valence-corrected chi connectivity index (χ3v) is 1.60. The first-order valence-electron chi connectivity index (χ1n) is 3.72. The average Bonchev–Trinajstić information content (AvgIpc) is 2.08.